The molecule has 2 fully saturated rings. The number of rotatable bonds is 3. The van der Waals surface area contributed by atoms with Gasteiger partial charge in [0.25, 0.3) is 0 Å². The van der Waals surface area contributed by atoms with Gasteiger partial charge in [-0.15, -0.1) is 0 Å². The lowest BCUT2D eigenvalue weighted by Crippen LogP contribution is -2.71. The Labute approximate surface area is 142 Å². The largest absolute Gasteiger partial charge is 0.512 e. The van der Waals surface area contributed by atoms with Gasteiger partial charge in [-0.2, -0.15) is 13.2 Å². The smallest absolute Gasteiger partial charge is 0.481 e. The van der Waals surface area contributed by atoms with Crippen molar-refractivity contribution in [3.63, 3.8) is 0 Å². The number of halogens is 3. The second-order valence-electron chi connectivity index (χ2n) is 5.60. The average molecular weight is 382 g/mol. The van der Waals surface area contributed by atoms with Crippen LogP contribution >= 0.6 is 0 Å². The molecule has 13 heteroatoms. The maximum absolute atomic E-state index is 11.9. The molecule has 2 saturated heterocycles. The molecule has 3 aliphatic heterocycles. The van der Waals surface area contributed by atoms with Gasteiger partial charge in [-0.05, 0) is 13.0 Å². The number of hydrogen-bond acceptors (Lipinski definition) is 6. The van der Waals surface area contributed by atoms with E-state index in [4.69, 9.17) is 20.1 Å². The Balaban J connectivity index is 0.000000298. The summed E-state index contributed by atoms with van der Waals surface area (Å²) < 4.78 is 36.4. The second kappa shape index (κ2) is 6.82. The first-order valence-electron chi connectivity index (χ1n) is 7.17. The number of nitrogens with one attached hydrogen (secondary N) is 1. The highest BCUT2D eigenvalue weighted by atomic mass is 19.4. The van der Waals surface area contributed by atoms with Gasteiger partial charge < -0.3 is 25.4 Å². The number of ether oxygens (including phenoxy) is 1. The van der Waals surface area contributed by atoms with E-state index in [0.29, 0.717) is 18.5 Å². The number of amides is 1. The summed E-state index contributed by atoms with van der Waals surface area (Å²) in [4.78, 5) is 43.7. The molecule has 26 heavy (non-hydrogen) atoms. The van der Waals surface area contributed by atoms with Gasteiger partial charge in [-0.3, -0.25) is 14.5 Å². The molecule has 0 aromatic rings. The highest BCUT2D eigenvalue weighted by molar-refractivity contribution is 5.93. The van der Waals surface area contributed by atoms with E-state index in [1.165, 1.54) is 4.90 Å². The number of aliphatic carboxylic acids is 2. The van der Waals surface area contributed by atoms with E-state index >= 15 is 0 Å². The third-order valence-electron chi connectivity index (χ3n) is 4.08. The summed E-state index contributed by atoms with van der Waals surface area (Å²) in [6.07, 6.45) is -6.26. The number of carbonyl (C=O) groups excluding carboxylic acids is 1. The van der Waals surface area contributed by atoms with Crippen molar-refractivity contribution in [2.75, 3.05) is 6.54 Å². The van der Waals surface area contributed by atoms with Gasteiger partial charge in [0.05, 0.1) is 12.5 Å². The third-order valence-corrected chi connectivity index (χ3v) is 4.08. The monoisotopic (exact) mass is 382 g/mol. The topological polar surface area (TPSA) is 153 Å². The van der Waals surface area contributed by atoms with Gasteiger partial charge in [-0.25, -0.2) is 9.59 Å². The molecule has 0 saturated carbocycles. The summed E-state index contributed by atoms with van der Waals surface area (Å²) >= 11 is 0. The summed E-state index contributed by atoms with van der Waals surface area (Å²) in [7, 11) is 0. The van der Waals surface area contributed by atoms with Crippen molar-refractivity contribution in [3.05, 3.63) is 11.5 Å². The van der Waals surface area contributed by atoms with Crippen molar-refractivity contribution < 1.29 is 52.4 Å². The number of β-lactam (4-membered cyclic amide) rings is 1. The number of piperidine rings is 1. The van der Waals surface area contributed by atoms with Crippen LogP contribution in [0.2, 0.25) is 0 Å². The molecule has 0 spiro atoms. The predicted molar refractivity (Wildman–Crippen MR) is 72.6 cm³/mol. The maximum Gasteiger partial charge on any atom is 0.512 e. The highest BCUT2D eigenvalue weighted by Crippen LogP contribution is 2.47. The number of carboxylic acids is 2. The van der Waals surface area contributed by atoms with Gasteiger partial charge in [0.2, 0.25) is 11.8 Å². The minimum Gasteiger partial charge on any atom is -0.481 e. The molecule has 1 unspecified atom stereocenters. The predicted octanol–water partition coefficient (Wildman–Crippen LogP) is 0.203. The van der Waals surface area contributed by atoms with Crippen LogP contribution in [0, 0.1) is 5.92 Å². The Bertz CT molecular complexity index is 689. The Morgan fingerprint density at radius 3 is 2.27 bits per heavy atom. The average Bonchev–Trinajstić information content (AvgIpc) is 2.78. The molecule has 3 rings (SSSR count). The zero-order valence-corrected chi connectivity index (χ0v) is 12.8. The molecule has 10 nitrogen and oxygen atoms in total. The van der Waals surface area contributed by atoms with Crippen LogP contribution in [0.5, 0.6) is 0 Å². The summed E-state index contributed by atoms with van der Waals surface area (Å²) in [6.45, 7) is 0.606. The molecule has 1 amide bonds. The van der Waals surface area contributed by atoms with E-state index in [0.717, 1.165) is 0 Å². The molecule has 3 heterocycles. The van der Waals surface area contributed by atoms with Crippen LogP contribution in [0.25, 0.3) is 0 Å². The molecule has 3 aliphatic rings. The van der Waals surface area contributed by atoms with Crippen LogP contribution < -0.4 is 5.32 Å². The first-order valence-corrected chi connectivity index (χ1v) is 7.17. The summed E-state index contributed by atoms with van der Waals surface area (Å²) in [6, 6.07) is -0.553. The molecule has 4 N–H and O–H groups in total. The quantitative estimate of drug-likeness (QED) is 0.396. The van der Waals surface area contributed by atoms with Crippen molar-refractivity contribution in [3.8, 4) is 0 Å². The molecule has 0 radical (unpaired) electrons. The van der Waals surface area contributed by atoms with E-state index in [1.54, 1.807) is 0 Å². The van der Waals surface area contributed by atoms with Gasteiger partial charge in [0.15, 0.2) is 0 Å². The molecule has 0 aromatic heterocycles. The fourth-order valence-electron chi connectivity index (χ4n) is 3.19. The maximum atomic E-state index is 11.9. The first kappa shape index (κ1) is 19.5. The minimum atomic E-state index is -5.08. The third kappa shape index (κ3) is 3.56. The summed E-state index contributed by atoms with van der Waals surface area (Å²) in [5, 5.41) is 27.8. The zero-order valence-electron chi connectivity index (χ0n) is 12.8. The van der Waals surface area contributed by atoms with Crippen molar-refractivity contribution in [1.82, 2.24) is 10.2 Å². The van der Waals surface area contributed by atoms with Crippen LogP contribution in [0.3, 0.4) is 0 Å². The lowest BCUT2D eigenvalue weighted by atomic mass is 9.79. The standard InChI is InChI=1S/C11H12N2O6.C2HF3O2/c14-6(15)3-5-4-1-2-12-7-8(4)13(9(7)16)10(5)19-11(17)18;3-2(4,5)1(6)7/h4,7-8,12H,1-3H2,(H,14,15)(H,17,18);(H,6,7)/t4?,7-,8+;/m0./s1. The van der Waals surface area contributed by atoms with Crippen LogP contribution in [0.4, 0.5) is 18.0 Å². The SMILES string of the molecule is O=C(O)C(F)(F)F.O=C(O)CC1=C(OC(=O)O)N2C(=O)[C@H]3NCCC1[C@H]32. The van der Waals surface area contributed by atoms with Gasteiger partial charge in [0, 0.05) is 11.5 Å². The summed E-state index contributed by atoms with van der Waals surface area (Å²) in [5.74, 6) is -4.31. The van der Waals surface area contributed by atoms with E-state index in [1.807, 2.05) is 0 Å². The number of carboxylic acid groups (broad SMARTS) is 3. The van der Waals surface area contributed by atoms with E-state index in [2.05, 4.69) is 10.1 Å². The van der Waals surface area contributed by atoms with Crippen LogP contribution in [-0.4, -0.2) is 69.0 Å². The van der Waals surface area contributed by atoms with E-state index in [-0.39, 0.29) is 36.2 Å². The Hall–Kier alpha value is -2.83. The lowest BCUT2D eigenvalue weighted by molar-refractivity contribution is -0.192. The van der Waals surface area contributed by atoms with Crippen molar-refractivity contribution >= 4 is 24.0 Å². The lowest BCUT2D eigenvalue weighted by Gasteiger charge is -2.48. The van der Waals surface area contributed by atoms with Crippen LogP contribution in [0.15, 0.2) is 11.5 Å². The number of hydrogen-bond donors (Lipinski definition) is 4. The van der Waals surface area contributed by atoms with Crippen LogP contribution in [-0.2, 0) is 19.1 Å². The molecule has 144 valence electrons. The highest BCUT2D eigenvalue weighted by Gasteiger charge is 2.61. The zero-order chi connectivity index (χ0) is 19.8. The molecular formula is C13H13F3N2O8. The minimum absolute atomic E-state index is 0.102. The molecule has 3 atom stereocenters. The molecule has 0 aliphatic carbocycles. The Morgan fingerprint density at radius 2 is 1.81 bits per heavy atom. The van der Waals surface area contributed by atoms with Gasteiger partial charge in [-0.1, -0.05) is 0 Å². The second-order valence-corrected chi connectivity index (χ2v) is 5.60. The number of alkyl halides is 3. The summed E-state index contributed by atoms with van der Waals surface area (Å²) in [5.41, 5.74) is 0.400. The fourth-order valence-corrected chi connectivity index (χ4v) is 3.19. The number of nitrogens with zero attached hydrogens (tertiary/aromatic N) is 1. The van der Waals surface area contributed by atoms with Gasteiger partial charge in [0.1, 0.15) is 6.04 Å². The first-order chi connectivity index (χ1) is 11.9. The molecular weight excluding hydrogens is 369 g/mol. The molecule has 0 aromatic carbocycles. The molecule has 0 bridgehead atoms. The van der Waals surface area contributed by atoms with Gasteiger partial charge >= 0.3 is 24.3 Å². The Kier molecular flexibility index (Phi) is 5.11. The van der Waals surface area contributed by atoms with Crippen molar-refractivity contribution in [2.45, 2.75) is 31.1 Å². The van der Waals surface area contributed by atoms with Crippen molar-refractivity contribution in [1.29, 1.82) is 0 Å². The normalized spacial score (nSPS) is 26.3. The van der Waals surface area contributed by atoms with Crippen LogP contribution in [0.1, 0.15) is 12.8 Å². The number of carbonyl (C=O) groups is 4. The van der Waals surface area contributed by atoms with E-state index in [9.17, 15) is 27.6 Å². The fraction of sp³-hybridized carbons (Fsp3) is 0.538. The van der Waals surface area contributed by atoms with E-state index < -0.39 is 24.3 Å². The van der Waals surface area contributed by atoms with Crippen molar-refractivity contribution in [2.24, 2.45) is 5.92 Å². The Morgan fingerprint density at radius 1 is 1.23 bits per heavy atom.